The van der Waals surface area contributed by atoms with E-state index in [0.29, 0.717) is 5.56 Å². The molecule has 100 valence electrons. The molecule has 3 aromatic rings. The molecule has 0 aliphatic carbocycles. The summed E-state index contributed by atoms with van der Waals surface area (Å²) in [6.07, 6.45) is 3.75. The molecule has 0 amide bonds. The zero-order chi connectivity index (χ0) is 14.1. The van der Waals surface area contributed by atoms with Crippen LogP contribution in [0.15, 0.2) is 53.3 Å². The van der Waals surface area contributed by atoms with Gasteiger partial charge in [-0.1, -0.05) is 24.3 Å². The molecule has 2 aromatic heterocycles. The number of rotatable bonds is 3. The van der Waals surface area contributed by atoms with Crippen LogP contribution in [0, 0.1) is 0 Å². The van der Waals surface area contributed by atoms with E-state index in [4.69, 9.17) is 5.11 Å². The van der Waals surface area contributed by atoms with Crippen LogP contribution in [0.3, 0.4) is 0 Å². The van der Waals surface area contributed by atoms with Gasteiger partial charge in [0.15, 0.2) is 5.78 Å². The van der Waals surface area contributed by atoms with Gasteiger partial charge in [-0.2, -0.15) is 0 Å². The third-order valence-corrected chi connectivity index (χ3v) is 3.58. The average molecular weight is 331 g/mol. The summed E-state index contributed by atoms with van der Waals surface area (Å²) < 4.78 is 2.95. The van der Waals surface area contributed by atoms with E-state index in [1.54, 1.807) is 18.3 Å². The fraction of sp³-hybridized carbons (Fsp3) is 0.0667. The summed E-state index contributed by atoms with van der Waals surface area (Å²) in [7, 11) is 0. The molecule has 5 heteroatoms. The first-order valence-corrected chi connectivity index (χ1v) is 6.85. The maximum absolute atomic E-state index is 11.4. The van der Waals surface area contributed by atoms with Gasteiger partial charge in [-0.3, -0.25) is 9.20 Å². The van der Waals surface area contributed by atoms with Crippen LogP contribution in [-0.4, -0.2) is 26.9 Å². The summed E-state index contributed by atoms with van der Waals surface area (Å²) in [4.78, 5) is 15.7. The van der Waals surface area contributed by atoms with Crippen LogP contribution >= 0.6 is 15.9 Å². The number of hydrogen-bond donors (Lipinski definition) is 1. The van der Waals surface area contributed by atoms with Gasteiger partial charge in [0.05, 0.1) is 11.9 Å². The standard InChI is InChI=1S/C15H11BrN2O2/c16-12-5-6-15-17-7-13(18(15)8-12)10-1-3-11(4-2-10)14(20)9-19/h1-8,19H,9H2. The Morgan fingerprint density at radius 1 is 1.20 bits per heavy atom. The van der Waals surface area contributed by atoms with Crippen molar-refractivity contribution in [2.75, 3.05) is 6.61 Å². The SMILES string of the molecule is O=C(CO)c1ccc(-c2cnc3ccc(Br)cn23)cc1. The van der Waals surface area contributed by atoms with Crippen molar-refractivity contribution in [3.63, 3.8) is 0 Å². The Morgan fingerprint density at radius 3 is 2.65 bits per heavy atom. The third kappa shape index (κ3) is 2.26. The molecule has 0 fully saturated rings. The van der Waals surface area contributed by atoms with E-state index in [2.05, 4.69) is 20.9 Å². The molecule has 0 saturated heterocycles. The minimum absolute atomic E-state index is 0.280. The first-order valence-electron chi connectivity index (χ1n) is 6.06. The van der Waals surface area contributed by atoms with Gasteiger partial charge in [0.2, 0.25) is 0 Å². The van der Waals surface area contributed by atoms with E-state index in [-0.39, 0.29) is 5.78 Å². The van der Waals surface area contributed by atoms with Gasteiger partial charge in [-0.15, -0.1) is 0 Å². The molecule has 20 heavy (non-hydrogen) atoms. The van der Waals surface area contributed by atoms with Crippen molar-refractivity contribution in [1.29, 1.82) is 0 Å². The van der Waals surface area contributed by atoms with E-state index in [1.807, 2.05) is 34.9 Å². The van der Waals surface area contributed by atoms with E-state index >= 15 is 0 Å². The van der Waals surface area contributed by atoms with Crippen LogP contribution in [0.1, 0.15) is 10.4 Å². The van der Waals surface area contributed by atoms with Crippen LogP contribution in [-0.2, 0) is 0 Å². The predicted molar refractivity (Wildman–Crippen MR) is 79.7 cm³/mol. The molecule has 0 spiro atoms. The number of aliphatic hydroxyl groups excluding tert-OH is 1. The molecule has 0 atom stereocenters. The van der Waals surface area contributed by atoms with Crippen molar-refractivity contribution in [1.82, 2.24) is 9.38 Å². The fourth-order valence-electron chi connectivity index (χ4n) is 2.09. The Bertz CT molecular complexity index is 778. The number of halogens is 1. The van der Waals surface area contributed by atoms with Gasteiger partial charge in [-0.25, -0.2) is 4.98 Å². The van der Waals surface area contributed by atoms with E-state index in [0.717, 1.165) is 21.4 Å². The van der Waals surface area contributed by atoms with E-state index < -0.39 is 6.61 Å². The molecule has 3 rings (SSSR count). The largest absolute Gasteiger partial charge is 0.388 e. The number of carbonyl (C=O) groups excluding carboxylic acids is 1. The molecule has 0 aliphatic rings. The zero-order valence-electron chi connectivity index (χ0n) is 10.5. The second-order valence-electron chi connectivity index (χ2n) is 4.38. The number of aromatic nitrogens is 2. The van der Waals surface area contributed by atoms with Crippen molar-refractivity contribution in [3.05, 3.63) is 58.8 Å². The Kier molecular flexibility index (Phi) is 3.38. The summed E-state index contributed by atoms with van der Waals surface area (Å²) in [5.74, 6) is -0.280. The van der Waals surface area contributed by atoms with E-state index in [1.165, 1.54) is 0 Å². The number of aliphatic hydroxyl groups is 1. The van der Waals surface area contributed by atoms with Gasteiger partial charge in [0, 0.05) is 21.8 Å². The number of Topliss-reactive ketones (excluding diaryl/α,β-unsaturated/α-hetero) is 1. The average Bonchev–Trinajstić information content (AvgIpc) is 2.89. The second kappa shape index (κ2) is 5.19. The smallest absolute Gasteiger partial charge is 0.188 e. The highest BCUT2D eigenvalue weighted by atomic mass is 79.9. The zero-order valence-corrected chi connectivity index (χ0v) is 12.0. The first kappa shape index (κ1) is 13.0. The van der Waals surface area contributed by atoms with Gasteiger partial charge < -0.3 is 5.11 Å². The number of hydrogen-bond acceptors (Lipinski definition) is 3. The minimum atomic E-state index is -0.470. The van der Waals surface area contributed by atoms with Gasteiger partial charge in [0.1, 0.15) is 12.3 Å². The molecule has 1 N–H and O–H groups in total. The highest BCUT2D eigenvalue weighted by Crippen LogP contribution is 2.23. The maximum Gasteiger partial charge on any atom is 0.188 e. The molecule has 2 heterocycles. The maximum atomic E-state index is 11.4. The van der Waals surface area contributed by atoms with Gasteiger partial charge in [-0.05, 0) is 28.1 Å². The van der Waals surface area contributed by atoms with Crippen molar-refractivity contribution < 1.29 is 9.90 Å². The molecule has 0 unspecified atom stereocenters. The number of ketones is 1. The third-order valence-electron chi connectivity index (χ3n) is 3.12. The number of carbonyl (C=O) groups is 1. The quantitative estimate of drug-likeness (QED) is 0.751. The summed E-state index contributed by atoms with van der Waals surface area (Å²) in [6, 6.07) is 11.0. The molecular formula is C15H11BrN2O2. The Labute approximate surface area is 123 Å². The summed E-state index contributed by atoms with van der Waals surface area (Å²) in [6.45, 7) is -0.470. The van der Waals surface area contributed by atoms with Crippen molar-refractivity contribution >= 4 is 27.4 Å². The van der Waals surface area contributed by atoms with Gasteiger partial charge >= 0.3 is 0 Å². The molecule has 0 radical (unpaired) electrons. The van der Waals surface area contributed by atoms with Crippen molar-refractivity contribution in [3.8, 4) is 11.3 Å². The summed E-state index contributed by atoms with van der Waals surface area (Å²) in [5, 5.41) is 8.84. The summed E-state index contributed by atoms with van der Waals surface area (Å²) in [5.41, 5.74) is 3.28. The lowest BCUT2D eigenvalue weighted by atomic mass is 10.1. The molecular weight excluding hydrogens is 320 g/mol. The number of nitrogens with zero attached hydrogens (tertiary/aromatic N) is 2. The second-order valence-corrected chi connectivity index (χ2v) is 5.29. The Hall–Kier alpha value is -1.98. The minimum Gasteiger partial charge on any atom is -0.388 e. The lowest BCUT2D eigenvalue weighted by Crippen LogP contribution is -2.03. The topological polar surface area (TPSA) is 54.6 Å². The Balaban J connectivity index is 2.07. The van der Waals surface area contributed by atoms with E-state index in [9.17, 15) is 4.79 Å². The van der Waals surface area contributed by atoms with Gasteiger partial charge in [0.25, 0.3) is 0 Å². The first-order chi connectivity index (χ1) is 9.69. The van der Waals surface area contributed by atoms with Crippen LogP contribution in [0.5, 0.6) is 0 Å². The highest BCUT2D eigenvalue weighted by molar-refractivity contribution is 9.10. The van der Waals surface area contributed by atoms with Crippen molar-refractivity contribution in [2.45, 2.75) is 0 Å². The number of benzene rings is 1. The predicted octanol–water partition coefficient (Wildman–Crippen LogP) is 2.94. The number of fused-ring (bicyclic) bond motifs is 1. The lowest BCUT2D eigenvalue weighted by molar-refractivity contribution is 0.0904. The van der Waals surface area contributed by atoms with Crippen LogP contribution in [0.4, 0.5) is 0 Å². The molecule has 1 aromatic carbocycles. The molecule has 0 bridgehead atoms. The molecule has 0 saturated carbocycles. The van der Waals surface area contributed by atoms with Crippen molar-refractivity contribution in [2.24, 2.45) is 0 Å². The summed E-state index contributed by atoms with van der Waals surface area (Å²) >= 11 is 3.44. The monoisotopic (exact) mass is 330 g/mol. The lowest BCUT2D eigenvalue weighted by Gasteiger charge is -2.04. The highest BCUT2D eigenvalue weighted by Gasteiger charge is 2.08. The Morgan fingerprint density at radius 2 is 1.95 bits per heavy atom. The molecule has 4 nitrogen and oxygen atoms in total. The molecule has 0 aliphatic heterocycles. The number of imidazole rings is 1. The normalized spacial score (nSPS) is 10.9. The van der Waals surface area contributed by atoms with Crippen LogP contribution in [0.2, 0.25) is 0 Å². The van der Waals surface area contributed by atoms with Crippen LogP contribution in [0.25, 0.3) is 16.9 Å². The van der Waals surface area contributed by atoms with Crippen LogP contribution < -0.4 is 0 Å². The number of pyridine rings is 1. The fourth-order valence-corrected chi connectivity index (χ4v) is 2.42.